The molecule has 4 nitrogen and oxygen atoms in total. The van der Waals surface area contributed by atoms with E-state index in [1.54, 1.807) is 24.0 Å². The van der Waals surface area contributed by atoms with Crippen molar-refractivity contribution in [1.29, 1.82) is 0 Å². The van der Waals surface area contributed by atoms with E-state index in [4.69, 9.17) is 4.74 Å². The van der Waals surface area contributed by atoms with Crippen LogP contribution in [0, 0.1) is 5.82 Å². The molecule has 0 saturated carbocycles. The molecule has 2 aromatic rings. The molecule has 25 heavy (non-hydrogen) atoms. The minimum absolute atomic E-state index is 0.247. The van der Waals surface area contributed by atoms with E-state index in [2.05, 4.69) is 0 Å². The molecule has 0 saturated heterocycles. The van der Waals surface area contributed by atoms with Gasteiger partial charge < -0.3 is 9.64 Å². The fourth-order valence-electron chi connectivity index (χ4n) is 2.48. The number of amides is 1. The number of hydrogen-bond acceptors (Lipinski definition) is 4. The normalized spacial score (nSPS) is 15.2. The number of rotatable bonds is 4. The van der Waals surface area contributed by atoms with Crippen molar-refractivity contribution in [3.05, 3.63) is 70.9 Å². The van der Waals surface area contributed by atoms with Gasteiger partial charge in [0.05, 0.1) is 23.7 Å². The van der Waals surface area contributed by atoms with Crippen LogP contribution in [0.2, 0.25) is 0 Å². The van der Waals surface area contributed by atoms with Gasteiger partial charge in [-0.3, -0.25) is 4.79 Å². The highest BCUT2D eigenvalue weighted by molar-refractivity contribution is 8.04. The number of nitrogens with zero attached hydrogens (tertiary/aromatic N) is 1. The lowest BCUT2D eigenvalue weighted by molar-refractivity contribution is -0.137. The second-order valence-corrected chi connectivity index (χ2v) is 6.43. The molecule has 2 aromatic carbocycles. The number of carbonyl (C=O) groups is 2. The zero-order valence-corrected chi connectivity index (χ0v) is 14.4. The Morgan fingerprint density at radius 3 is 2.64 bits per heavy atom. The van der Waals surface area contributed by atoms with Crippen LogP contribution >= 0.6 is 11.8 Å². The maximum Gasteiger partial charge on any atom is 0.332 e. The highest BCUT2D eigenvalue weighted by atomic mass is 32.2. The summed E-state index contributed by atoms with van der Waals surface area (Å²) in [6.07, 6.45) is 1.23. The Morgan fingerprint density at radius 1 is 1.20 bits per heavy atom. The standard InChI is InChI=1S/C19H16FNO3S/c1-2-24-18(22)11-17-19(23)21(12-13-7-9-14(20)10-8-13)15-5-3-4-6-16(15)25-17/h3-11H,2,12H2,1H3. The second-order valence-electron chi connectivity index (χ2n) is 5.35. The van der Waals surface area contributed by atoms with E-state index in [9.17, 15) is 14.0 Å². The van der Waals surface area contributed by atoms with Crippen molar-refractivity contribution in [1.82, 2.24) is 0 Å². The first-order chi connectivity index (χ1) is 12.1. The first-order valence-electron chi connectivity index (χ1n) is 7.80. The third-order valence-electron chi connectivity index (χ3n) is 3.62. The zero-order valence-electron chi connectivity index (χ0n) is 13.6. The molecule has 3 rings (SSSR count). The second kappa shape index (κ2) is 7.53. The lowest BCUT2D eigenvalue weighted by atomic mass is 10.1. The van der Waals surface area contributed by atoms with Crippen LogP contribution in [0.3, 0.4) is 0 Å². The average Bonchev–Trinajstić information content (AvgIpc) is 2.60. The first-order valence-corrected chi connectivity index (χ1v) is 8.61. The van der Waals surface area contributed by atoms with Gasteiger partial charge in [-0.25, -0.2) is 9.18 Å². The number of hydrogen-bond donors (Lipinski definition) is 0. The van der Waals surface area contributed by atoms with E-state index >= 15 is 0 Å². The Kier molecular flexibility index (Phi) is 5.19. The molecule has 0 bridgehead atoms. The molecule has 0 aromatic heterocycles. The predicted octanol–water partition coefficient (Wildman–Crippen LogP) is 3.91. The Hall–Kier alpha value is -2.60. The van der Waals surface area contributed by atoms with Gasteiger partial charge >= 0.3 is 5.97 Å². The molecule has 0 radical (unpaired) electrons. The number of esters is 1. The maximum atomic E-state index is 13.1. The summed E-state index contributed by atoms with van der Waals surface area (Å²) in [7, 11) is 0. The molecular formula is C19H16FNO3S. The Labute approximate surface area is 149 Å². The summed E-state index contributed by atoms with van der Waals surface area (Å²) in [6.45, 7) is 2.25. The topological polar surface area (TPSA) is 46.6 Å². The number of carbonyl (C=O) groups excluding carboxylic acids is 2. The summed E-state index contributed by atoms with van der Waals surface area (Å²) in [4.78, 5) is 27.4. The van der Waals surface area contributed by atoms with Crippen molar-refractivity contribution < 1.29 is 18.7 Å². The Balaban J connectivity index is 1.95. The SMILES string of the molecule is CCOC(=O)C=C1Sc2ccccc2N(Cc2ccc(F)cc2)C1=O. The number of fused-ring (bicyclic) bond motifs is 1. The molecule has 128 valence electrons. The van der Waals surface area contributed by atoms with E-state index in [0.29, 0.717) is 4.91 Å². The third kappa shape index (κ3) is 3.91. The molecule has 1 aliphatic heterocycles. The fraction of sp³-hybridized carbons (Fsp3) is 0.158. The summed E-state index contributed by atoms with van der Waals surface area (Å²) in [6, 6.07) is 13.5. The first kappa shape index (κ1) is 17.2. The molecule has 0 unspecified atom stereocenters. The van der Waals surface area contributed by atoms with Crippen molar-refractivity contribution in [2.24, 2.45) is 0 Å². The molecule has 1 heterocycles. The quantitative estimate of drug-likeness (QED) is 0.615. The molecular weight excluding hydrogens is 341 g/mol. The van der Waals surface area contributed by atoms with Gasteiger partial charge in [0.1, 0.15) is 5.82 Å². The minimum atomic E-state index is -0.542. The van der Waals surface area contributed by atoms with Crippen LogP contribution in [0.25, 0.3) is 0 Å². The Bertz CT molecular complexity index is 833. The largest absolute Gasteiger partial charge is 0.463 e. The number of anilines is 1. The molecule has 6 heteroatoms. The van der Waals surface area contributed by atoms with Gasteiger partial charge in [-0.15, -0.1) is 0 Å². The van der Waals surface area contributed by atoms with Crippen LogP contribution in [0.5, 0.6) is 0 Å². The van der Waals surface area contributed by atoms with E-state index in [1.807, 2.05) is 24.3 Å². The smallest absolute Gasteiger partial charge is 0.332 e. The van der Waals surface area contributed by atoms with E-state index < -0.39 is 5.97 Å². The number of benzene rings is 2. The monoisotopic (exact) mass is 357 g/mol. The fourth-order valence-corrected chi connectivity index (χ4v) is 3.50. The van der Waals surface area contributed by atoms with Gasteiger partial charge in [-0.1, -0.05) is 36.0 Å². The summed E-state index contributed by atoms with van der Waals surface area (Å²) in [5, 5.41) is 0. The molecule has 0 N–H and O–H groups in total. The van der Waals surface area contributed by atoms with Crippen LogP contribution in [-0.4, -0.2) is 18.5 Å². The summed E-state index contributed by atoms with van der Waals surface area (Å²) < 4.78 is 18.0. The summed E-state index contributed by atoms with van der Waals surface area (Å²) in [5.41, 5.74) is 1.56. The molecule has 0 spiro atoms. The van der Waals surface area contributed by atoms with Gasteiger partial charge in [0.2, 0.25) is 0 Å². The van der Waals surface area contributed by atoms with Crippen molar-refractivity contribution in [2.75, 3.05) is 11.5 Å². The third-order valence-corrected chi connectivity index (χ3v) is 4.70. The average molecular weight is 357 g/mol. The van der Waals surface area contributed by atoms with Gasteiger partial charge in [-0.05, 0) is 36.8 Å². The molecule has 0 aliphatic carbocycles. The van der Waals surface area contributed by atoms with E-state index in [0.717, 1.165) is 16.1 Å². The van der Waals surface area contributed by atoms with Crippen molar-refractivity contribution >= 4 is 29.3 Å². The summed E-state index contributed by atoms with van der Waals surface area (Å²) >= 11 is 1.25. The van der Waals surface area contributed by atoms with Gasteiger partial charge in [0.15, 0.2) is 0 Å². The molecule has 0 atom stereocenters. The number of halogens is 1. The number of ether oxygens (including phenoxy) is 1. The van der Waals surface area contributed by atoms with Gasteiger partial charge in [-0.2, -0.15) is 0 Å². The molecule has 1 amide bonds. The molecule has 1 aliphatic rings. The predicted molar refractivity (Wildman–Crippen MR) is 94.6 cm³/mol. The van der Waals surface area contributed by atoms with Crippen molar-refractivity contribution in [3.8, 4) is 0 Å². The highest BCUT2D eigenvalue weighted by Gasteiger charge is 2.29. The van der Waals surface area contributed by atoms with Crippen molar-refractivity contribution in [3.63, 3.8) is 0 Å². The summed E-state index contributed by atoms with van der Waals surface area (Å²) in [5.74, 6) is -1.15. The minimum Gasteiger partial charge on any atom is -0.463 e. The van der Waals surface area contributed by atoms with Gasteiger partial charge in [0.25, 0.3) is 5.91 Å². The van der Waals surface area contributed by atoms with Crippen LogP contribution < -0.4 is 4.90 Å². The highest BCUT2D eigenvalue weighted by Crippen LogP contribution is 2.41. The van der Waals surface area contributed by atoms with E-state index in [1.165, 1.54) is 30.0 Å². The number of thioether (sulfide) groups is 1. The lowest BCUT2D eigenvalue weighted by Gasteiger charge is -2.30. The maximum absolute atomic E-state index is 13.1. The zero-order chi connectivity index (χ0) is 17.8. The van der Waals surface area contributed by atoms with Crippen LogP contribution in [0.4, 0.5) is 10.1 Å². The van der Waals surface area contributed by atoms with Crippen LogP contribution in [0.15, 0.2) is 64.4 Å². The van der Waals surface area contributed by atoms with Crippen LogP contribution in [-0.2, 0) is 20.9 Å². The lowest BCUT2D eigenvalue weighted by Crippen LogP contribution is -2.34. The van der Waals surface area contributed by atoms with Gasteiger partial charge in [0, 0.05) is 11.0 Å². The van der Waals surface area contributed by atoms with E-state index in [-0.39, 0.29) is 24.9 Å². The number of para-hydroxylation sites is 1. The molecule has 0 fully saturated rings. The van der Waals surface area contributed by atoms with Crippen LogP contribution in [0.1, 0.15) is 12.5 Å². The Morgan fingerprint density at radius 2 is 1.92 bits per heavy atom. The van der Waals surface area contributed by atoms with Crippen molar-refractivity contribution in [2.45, 2.75) is 18.4 Å².